The van der Waals surface area contributed by atoms with Gasteiger partial charge in [0.15, 0.2) is 37.7 Å². The van der Waals surface area contributed by atoms with E-state index >= 15 is 0 Å². The number of amides is 1. The molecule has 13 N–H and O–H groups in total. The Kier molecular flexibility index (Phi) is 33.6. The molecule has 0 aromatic carbocycles. The lowest BCUT2D eigenvalue weighted by molar-refractivity contribution is -0.402. The Morgan fingerprint density at radius 3 is 1.00 bits per heavy atom. The minimum absolute atomic E-state index is 0.0475. The number of aliphatic hydroxyl groups excluding tert-OH is 11. The molecule has 0 aromatic heterocycles. The summed E-state index contributed by atoms with van der Waals surface area (Å²) in [5, 5.41) is 136. The highest BCUT2D eigenvalue weighted by molar-refractivity contribution is 7.99. The number of carbonyl (C=O) groups excluding carboxylic acids is 1. The summed E-state index contributed by atoms with van der Waals surface area (Å²) in [6.07, 6.45) is -43.9. The number of nitrogens with one attached hydrogen (secondary N) is 2. The molecule has 544 valence electrons. The molecule has 0 radical (unpaired) electrons. The number of hydrogen-bond donors (Lipinski definition) is 13. The van der Waals surface area contributed by atoms with Gasteiger partial charge in [-0.25, -0.2) is 0 Å². The van der Waals surface area contributed by atoms with Crippen LogP contribution in [-0.4, -0.2) is 336 Å². The van der Waals surface area contributed by atoms with Gasteiger partial charge in [-0.15, -0.1) is 0 Å². The summed E-state index contributed by atoms with van der Waals surface area (Å²) in [5.74, 6) is 0.978. The molecule has 0 aromatic rings. The van der Waals surface area contributed by atoms with Crippen LogP contribution in [0.2, 0.25) is 0 Å². The monoisotopic (exact) mass is 1370 g/mol. The molecule has 30 unspecified atom stereocenters. The van der Waals surface area contributed by atoms with E-state index < -0.39 is 184 Å². The van der Waals surface area contributed by atoms with E-state index in [1.165, 1.54) is 0 Å². The zero-order valence-corrected chi connectivity index (χ0v) is 55.7. The average Bonchev–Trinajstić information content (AvgIpc) is 0.789. The summed E-state index contributed by atoms with van der Waals surface area (Å²) in [6, 6.07) is 0.415. The summed E-state index contributed by atoms with van der Waals surface area (Å²) in [4.78, 5) is 12.5. The molecule has 22 aliphatic heterocycles. The van der Waals surface area contributed by atoms with Crippen molar-refractivity contribution in [2.45, 2.75) is 297 Å². The Morgan fingerprint density at radius 2 is 0.667 bits per heavy atom. The Labute approximate surface area is 549 Å². The molecule has 22 saturated heterocycles. The fourth-order valence-corrected chi connectivity index (χ4v) is 13.1. The van der Waals surface area contributed by atoms with E-state index in [-0.39, 0.29) is 64.1 Å². The summed E-state index contributed by atoms with van der Waals surface area (Å²) >= 11 is 1.55. The SMILES string of the molecule is CCC1OC2OC3C(CC)OC(OC4C(CC)OC(OC5C(CC)OC(OC6C(CC)OC(OC7C(CC)OC(OC1C(O)C2O)C(O)C7O)C(O)C6O)C(O)C5OCCCSCCNC(=O)CCOCCOCCOCCOCCNC(C)C)C(O)C4O)C(O)C3O. The zero-order valence-electron chi connectivity index (χ0n) is 54.9. The van der Waals surface area contributed by atoms with Crippen molar-refractivity contribution in [1.82, 2.24) is 10.6 Å². The van der Waals surface area contributed by atoms with Gasteiger partial charge < -0.3 is 147 Å². The molecular formula is C61H110N2O29S. The first-order valence-electron chi connectivity index (χ1n) is 33.6. The second-order valence-corrected chi connectivity index (χ2v) is 25.9. The molecule has 30 atom stereocenters. The van der Waals surface area contributed by atoms with Gasteiger partial charge >= 0.3 is 0 Å². The summed E-state index contributed by atoms with van der Waals surface area (Å²) in [6.45, 7) is 19.1. The maximum Gasteiger partial charge on any atom is 0.222 e. The van der Waals surface area contributed by atoms with E-state index in [2.05, 4.69) is 24.5 Å². The molecule has 1 amide bonds. The molecule has 0 spiro atoms. The van der Waals surface area contributed by atoms with E-state index in [0.29, 0.717) is 76.8 Å². The Morgan fingerprint density at radius 1 is 0.366 bits per heavy atom. The van der Waals surface area contributed by atoms with E-state index in [4.69, 9.17) is 80.5 Å². The third kappa shape index (κ3) is 21.1. The lowest BCUT2D eigenvalue weighted by Gasteiger charge is -2.51. The van der Waals surface area contributed by atoms with Crippen LogP contribution in [0.1, 0.15) is 107 Å². The van der Waals surface area contributed by atoms with Crippen molar-refractivity contribution in [3.05, 3.63) is 0 Å². The molecule has 93 heavy (non-hydrogen) atoms. The van der Waals surface area contributed by atoms with Crippen molar-refractivity contribution in [3.8, 4) is 0 Å². The molecule has 32 heteroatoms. The van der Waals surface area contributed by atoms with Crippen molar-refractivity contribution in [2.75, 3.05) is 84.1 Å². The van der Waals surface area contributed by atoms with E-state index in [1.54, 1.807) is 53.3 Å². The summed E-state index contributed by atoms with van der Waals surface area (Å²) in [7, 11) is 0. The number of rotatable bonds is 30. The van der Waals surface area contributed by atoms with Crippen LogP contribution in [0.4, 0.5) is 0 Å². The van der Waals surface area contributed by atoms with Gasteiger partial charge in [-0.05, 0) is 50.7 Å². The lowest BCUT2D eigenvalue weighted by atomic mass is 9.93. The number of thioether (sulfide) groups is 1. The third-order valence-electron chi connectivity index (χ3n) is 17.7. The molecule has 0 saturated carbocycles. The van der Waals surface area contributed by atoms with Crippen molar-refractivity contribution >= 4 is 17.7 Å². The van der Waals surface area contributed by atoms with Gasteiger partial charge in [0.25, 0.3) is 0 Å². The van der Waals surface area contributed by atoms with Crippen LogP contribution in [0.25, 0.3) is 0 Å². The van der Waals surface area contributed by atoms with Crippen LogP contribution < -0.4 is 10.6 Å². The van der Waals surface area contributed by atoms with Gasteiger partial charge in [0.05, 0.1) is 89.5 Å². The molecule has 22 fully saturated rings. The first-order chi connectivity index (χ1) is 44.7. The number of aliphatic hydroxyl groups is 11. The number of ether oxygens (including phenoxy) is 17. The molecule has 12 bridgehead atoms. The van der Waals surface area contributed by atoms with Crippen LogP contribution in [0.15, 0.2) is 0 Å². The zero-order chi connectivity index (χ0) is 67.5. The van der Waals surface area contributed by atoms with Gasteiger partial charge in [0, 0.05) is 37.9 Å². The highest BCUT2D eigenvalue weighted by Gasteiger charge is 2.58. The topological polar surface area (TPSA) is 421 Å². The predicted molar refractivity (Wildman–Crippen MR) is 325 cm³/mol. The van der Waals surface area contributed by atoms with Crippen molar-refractivity contribution in [3.63, 3.8) is 0 Å². The Hall–Kier alpha value is -1.34. The summed E-state index contributed by atoms with van der Waals surface area (Å²) < 4.78 is 104. The largest absolute Gasteiger partial charge is 0.387 e. The van der Waals surface area contributed by atoms with Crippen molar-refractivity contribution < 1.29 is 141 Å². The second-order valence-electron chi connectivity index (χ2n) is 24.7. The molecule has 31 nitrogen and oxygen atoms in total. The fourth-order valence-electron chi connectivity index (χ4n) is 12.4. The Bertz CT molecular complexity index is 2080. The first kappa shape index (κ1) is 79.0. The van der Waals surface area contributed by atoms with Gasteiger partial charge in [-0.3, -0.25) is 4.79 Å². The fraction of sp³-hybridized carbons (Fsp3) is 0.984. The average molecular weight is 1370 g/mol. The maximum atomic E-state index is 12.5. The predicted octanol–water partition coefficient (Wildman–Crippen LogP) is -2.83. The van der Waals surface area contributed by atoms with Crippen LogP contribution in [0, 0.1) is 0 Å². The van der Waals surface area contributed by atoms with Crippen molar-refractivity contribution in [2.24, 2.45) is 0 Å². The lowest BCUT2D eigenvalue weighted by Crippen LogP contribution is -2.68. The molecule has 0 aliphatic carbocycles. The standard InChI is InChI=1S/C61H110N2O29S/c1-9-31-49-38(65)43(70)56(81-31)88-50-32(10-2)83-58(45(72)40(50)67)90-52-34(12-4)85-60(47(74)42(52)69)92-54-36(14-6)86-61(91-53-35(13-5)84-59(46(73)41(53)68)89-51-33(11-3)82-57(87-49)44(71)39(51)66)48(75)55(54)80-19-15-28-93-29-18-63-37(64)16-20-76-22-24-78-26-27-79-25-23-77-21-17-62-30(7)8/h30-36,38-62,65-75H,9-29H2,1-8H3,(H,63,64). The summed E-state index contributed by atoms with van der Waals surface area (Å²) in [5.41, 5.74) is 0. The number of carbonyl (C=O) groups is 1. The quantitative estimate of drug-likeness (QED) is 0.0322. The van der Waals surface area contributed by atoms with E-state index in [0.717, 1.165) is 6.54 Å². The van der Waals surface area contributed by atoms with Crippen LogP contribution in [0.3, 0.4) is 0 Å². The van der Waals surface area contributed by atoms with Gasteiger partial charge in [-0.1, -0.05) is 55.4 Å². The first-order valence-corrected chi connectivity index (χ1v) is 34.7. The van der Waals surface area contributed by atoms with E-state index in [1.807, 2.05) is 0 Å². The van der Waals surface area contributed by atoms with Gasteiger partial charge in [-0.2, -0.15) is 11.8 Å². The second kappa shape index (κ2) is 39.6. The normalized spacial score (nSPS) is 42.8. The highest BCUT2D eigenvalue weighted by atomic mass is 32.2. The third-order valence-corrected chi connectivity index (χ3v) is 18.8. The molecular weight excluding hydrogens is 1260 g/mol. The molecule has 22 rings (SSSR count). The van der Waals surface area contributed by atoms with Gasteiger partial charge in [0.1, 0.15) is 110 Å². The minimum Gasteiger partial charge on any atom is -0.387 e. The van der Waals surface area contributed by atoms with Crippen LogP contribution >= 0.6 is 11.8 Å². The highest BCUT2D eigenvalue weighted by Crippen LogP contribution is 2.40. The Balaban J connectivity index is 1.01. The molecule has 22 heterocycles. The molecule has 22 aliphatic rings. The smallest absolute Gasteiger partial charge is 0.222 e. The van der Waals surface area contributed by atoms with E-state index in [9.17, 15) is 61.0 Å². The minimum atomic E-state index is -1.87. The van der Waals surface area contributed by atoms with Gasteiger partial charge in [0.2, 0.25) is 5.91 Å². The van der Waals surface area contributed by atoms with Crippen LogP contribution in [-0.2, 0) is 85.3 Å². The van der Waals surface area contributed by atoms with Crippen LogP contribution in [0.5, 0.6) is 0 Å². The maximum absolute atomic E-state index is 12.5. The van der Waals surface area contributed by atoms with Crippen molar-refractivity contribution in [1.29, 1.82) is 0 Å². The number of hydrogen-bond acceptors (Lipinski definition) is 31.